The molecule has 0 saturated heterocycles. The van der Waals surface area contributed by atoms with Gasteiger partial charge in [-0.2, -0.15) is 0 Å². The zero-order valence-electron chi connectivity index (χ0n) is 8.99. The van der Waals surface area contributed by atoms with Crippen LogP contribution >= 0.6 is 0 Å². The monoisotopic (exact) mass is 193 g/mol. The van der Waals surface area contributed by atoms with Crippen LogP contribution in [0.25, 0.3) is 0 Å². The van der Waals surface area contributed by atoms with Crippen LogP contribution in [0.2, 0.25) is 0 Å². The molecule has 2 heteroatoms. The van der Waals surface area contributed by atoms with Gasteiger partial charge in [-0.3, -0.25) is 0 Å². The normalized spacial score (nSPS) is 12.7. The average molecular weight is 193 g/mol. The maximum absolute atomic E-state index is 5.12. The smallest absolute Gasteiger partial charge is 0.0615 e. The van der Waals surface area contributed by atoms with Crippen LogP contribution in [0.4, 0.5) is 0 Å². The molecule has 0 saturated carbocycles. The van der Waals surface area contributed by atoms with Gasteiger partial charge in [-0.05, 0) is 25.5 Å². The summed E-state index contributed by atoms with van der Waals surface area (Å²) in [5, 5.41) is 3.25. The predicted molar refractivity (Wildman–Crippen MR) is 59.5 cm³/mol. The summed E-state index contributed by atoms with van der Waals surface area (Å²) < 4.78 is 5.12. The first-order valence-corrected chi connectivity index (χ1v) is 5.07. The summed E-state index contributed by atoms with van der Waals surface area (Å²) in [7, 11) is 3.72. The number of aryl methyl sites for hydroxylation is 1. The Kier molecular flexibility index (Phi) is 5.27. The lowest BCUT2D eigenvalue weighted by Gasteiger charge is -2.14. The molecule has 78 valence electrons. The molecule has 0 aliphatic heterocycles. The Morgan fingerprint density at radius 3 is 2.57 bits per heavy atom. The van der Waals surface area contributed by atoms with Crippen molar-refractivity contribution >= 4 is 0 Å². The van der Waals surface area contributed by atoms with Crippen LogP contribution < -0.4 is 5.32 Å². The van der Waals surface area contributed by atoms with Crippen LogP contribution in [-0.2, 0) is 11.2 Å². The molecule has 1 aromatic rings. The highest BCUT2D eigenvalue weighted by atomic mass is 16.5. The maximum atomic E-state index is 5.12. The molecule has 1 aromatic carbocycles. The Labute approximate surface area is 86.3 Å². The summed E-state index contributed by atoms with van der Waals surface area (Å²) in [6.45, 7) is 0.781. The summed E-state index contributed by atoms with van der Waals surface area (Å²) in [4.78, 5) is 0. The lowest BCUT2D eigenvalue weighted by molar-refractivity contribution is 0.166. The summed E-state index contributed by atoms with van der Waals surface area (Å²) in [5.74, 6) is 0. The topological polar surface area (TPSA) is 21.3 Å². The summed E-state index contributed by atoms with van der Waals surface area (Å²) in [5.41, 5.74) is 1.39. The minimum Gasteiger partial charge on any atom is -0.383 e. The Morgan fingerprint density at radius 1 is 1.29 bits per heavy atom. The Morgan fingerprint density at radius 2 is 2.00 bits per heavy atom. The molecule has 0 aliphatic rings. The second kappa shape index (κ2) is 6.57. The van der Waals surface area contributed by atoms with Crippen molar-refractivity contribution < 1.29 is 4.74 Å². The van der Waals surface area contributed by atoms with Crippen molar-refractivity contribution in [2.45, 2.75) is 18.9 Å². The van der Waals surface area contributed by atoms with Gasteiger partial charge in [0.1, 0.15) is 0 Å². The molecular formula is C12H19NO. The largest absolute Gasteiger partial charge is 0.383 e. The number of hydrogen-bond acceptors (Lipinski definition) is 2. The fourth-order valence-corrected chi connectivity index (χ4v) is 1.50. The van der Waals surface area contributed by atoms with E-state index >= 15 is 0 Å². The molecule has 0 aliphatic carbocycles. The third-order valence-electron chi connectivity index (χ3n) is 2.40. The van der Waals surface area contributed by atoms with Gasteiger partial charge in [-0.1, -0.05) is 30.3 Å². The molecule has 1 N–H and O–H groups in total. The van der Waals surface area contributed by atoms with E-state index in [9.17, 15) is 0 Å². The first-order valence-electron chi connectivity index (χ1n) is 5.07. The van der Waals surface area contributed by atoms with Crippen molar-refractivity contribution in [2.24, 2.45) is 0 Å². The molecule has 0 spiro atoms. The van der Waals surface area contributed by atoms with E-state index in [2.05, 4.69) is 29.6 Å². The van der Waals surface area contributed by atoms with Gasteiger partial charge in [0.25, 0.3) is 0 Å². The van der Waals surface area contributed by atoms with Crippen LogP contribution in [0.5, 0.6) is 0 Å². The van der Waals surface area contributed by atoms with Gasteiger partial charge >= 0.3 is 0 Å². The first kappa shape index (κ1) is 11.2. The molecule has 1 rings (SSSR count). The zero-order valence-corrected chi connectivity index (χ0v) is 8.99. The van der Waals surface area contributed by atoms with Gasteiger partial charge in [0.15, 0.2) is 0 Å². The average Bonchev–Trinajstić information content (AvgIpc) is 2.25. The molecule has 14 heavy (non-hydrogen) atoms. The van der Waals surface area contributed by atoms with Crippen LogP contribution in [0, 0.1) is 0 Å². The molecule has 1 atom stereocenters. The Hall–Kier alpha value is -0.860. The number of ether oxygens (including phenoxy) is 1. The van der Waals surface area contributed by atoms with E-state index in [1.807, 2.05) is 13.1 Å². The van der Waals surface area contributed by atoms with E-state index in [1.165, 1.54) is 5.56 Å². The number of benzene rings is 1. The van der Waals surface area contributed by atoms with Crippen molar-refractivity contribution in [1.82, 2.24) is 5.32 Å². The van der Waals surface area contributed by atoms with E-state index in [-0.39, 0.29) is 0 Å². The van der Waals surface area contributed by atoms with E-state index in [4.69, 9.17) is 4.74 Å². The highest BCUT2D eigenvalue weighted by Crippen LogP contribution is 2.04. The van der Waals surface area contributed by atoms with Gasteiger partial charge in [0.2, 0.25) is 0 Å². The minimum atomic E-state index is 0.459. The van der Waals surface area contributed by atoms with E-state index in [1.54, 1.807) is 7.11 Å². The van der Waals surface area contributed by atoms with Crippen LogP contribution in [0.1, 0.15) is 12.0 Å². The van der Waals surface area contributed by atoms with E-state index in [0.29, 0.717) is 6.04 Å². The van der Waals surface area contributed by atoms with Crippen LogP contribution in [0.15, 0.2) is 30.3 Å². The van der Waals surface area contributed by atoms with Crippen molar-refractivity contribution in [2.75, 3.05) is 20.8 Å². The van der Waals surface area contributed by atoms with E-state index < -0.39 is 0 Å². The lowest BCUT2D eigenvalue weighted by Crippen LogP contribution is -2.30. The molecule has 0 amide bonds. The summed E-state index contributed by atoms with van der Waals surface area (Å²) >= 11 is 0. The number of rotatable bonds is 6. The number of hydrogen-bond donors (Lipinski definition) is 1. The summed E-state index contributed by atoms with van der Waals surface area (Å²) in [6, 6.07) is 11.0. The quantitative estimate of drug-likeness (QED) is 0.744. The van der Waals surface area contributed by atoms with Crippen molar-refractivity contribution in [3.63, 3.8) is 0 Å². The number of nitrogens with one attached hydrogen (secondary N) is 1. The lowest BCUT2D eigenvalue weighted by atomic mass is 10.1. The van der Waals surface area contributed by atoms with Crippen LogP contribution in [-0.4, -0.2) is 26.8 Å². The van der Waals surface area contributed by atoms with Crippen molar-refractivity contribution in [1.29, 1.82) is 0 Å². The van der Waals surface area contributed by atoms with Gasteiger partial charge < -0.3 is 10.1 Å². The van der Waals surface area contributed by atoms with Crippen molar-refractivity contribution in [3.8, 4) is 0 Å². The van der Waals surface area contributed by atoms with Gasteiger partial charge in [0.05, 0.1) is 6.61 Å². The molecule has 0 bridgehead atoms. The molecule has 0 heterocycles. The van der Waals surface area contributed by atoms with Crippen LogP contribution in [0.3, 0.4) is 0 Å². The number of likely N-dealkylation sites (N-methyl/N-ethyl adjacent to an activating group) is 1. The molecule has 1 unspecified atom stereocenters. The second-order valence-corrected chi connectivity index (χ2v) is 3.47. The van der Waals surface area contributed by atoms with Gasteiger partial charge in [0, 0.05) is 13.2 Å². The maximum Gasteiger partial charge on any atom is 0.0615 e. The minimum absolute atomic E-state index is 0.459. The predicted octanol–water partition coefficient (Wildman–Crippen LogP) is 1.85. The Bertz CT molecular complexity index is 235. The SMILES string of the molecule is CNC(CCc1ccccc1)COC. The highest BCUT2D eigenvalue weighted by Gasteiger charge is 2.04. The first-order chi connectivity index (χ1) is 6.86. The Balaban J connectivity index is 2.32. The standard InChI is InChI=1S/C12H19NO/c1-13-12(10-14-2)9-8-11-6-4-3-5-7-11/h3-7,12-13H,8-10H2,1-2H3. The highest BCUT2D eigenvalue weighted by molar-refractivity contribution is 5.14. The number of methoxy groups -OCH3 is 1. The second-order valence-electron chi connectivity index (χ2n) is 3.47. The molecule has 2 nitrogen and oxygen atoms in total. The van der Waals surface area contributed by atoms with E-state index in [0.717, 1.165) is 19.4 Å². The van der Waals surface area contributed by atoms with Gasteiger partial charge in [-0.15, -0.1) is 0 Å². The zero-order chi connectivity index (χ0) is 10.2. The molecule has 0 fully saturated rings. The van der Waals surface area contributed by atoms with Gasteiger partial charge in [-0.25, -0.2) is 0 Å². The summed E-state index contributed by atoms with van der Waals surface area (Å²) in [6.07, 6.45) is 2.23. The third-order valence-corrected chi connectivity index (χ3v) is 2.40. The van der Waals surface area contributed by atoms with Crippen molar-refractivity contribution in [3.05, 3.63) is 35.9 Å². The molecular weight excluding hydrogens is 174 g/mol. The third kappa shape index (κ3) is 3.90. The fourth-order valence-electron chi connectivity index (χ4n) is 1.50. The fraction of sp³-hybridized carbons (Fsp3) is 0.500. The molecule has 0 aromatic heterocycles. The molecule has 0 radical (unpaired) electrons.